The molecule has 1 saturated carbocycles. The minimum absolute atomic E-state index is 0.00468. The molecular formula is C9H13N3O. The molecule has 1 fully saturated rings. The van der Waals surface area contributed by atoms with E-state index >= 15 is 0 Å². The van der Waals surface area contributed by atoms with Crippen molar-refractivity contribution in [1.29, 1.82) is 0 Å². The first-order valence-corrected chi connectivity index (χ1v) is 4.33. The topological polar surface area (TPSA) is 62.1 Å². The van der Waals surface area contributed by atoms with Crippen LogP contribution in [-0.2, 0) is 10.2 Å². The van der Waals surface area contributed by atoms with Crippen LogP contribution in [0.4, 0.5) is 0 Å². The lowest BCUT2D eigenvalue weighted by molar-refractivity contribution is -0.132. The zero-order chi connectivity index (χ0) is 9.47. The zero-order valence-corrected chi connectivity index (χ0v) is 7.58. The molecule has 0 aromatic carbocycles. The van der Waals surface area contributed by atoms with Crippen LogP contribution in [0.15, 0.2) is 18.3 Å². The third-order valence-electron chi connectivity index (χ3n) is 2.59. The molecule has 0 saturated heterocycles. The van der Waals surface area contributed by atoms with E-state index in [-0.39, 0.29) is 11.3 Å². The summed E-state index contributed by atoms with van der Waals surface area (Å²) in [6, 6.07) is 3.84. The second kappa shape index (κ2) is 2.60. The first kappa shape index (κ1) is 8.31. The van der Waals surface area contributed by atoms with Crippen molar-refractivity contribution in [2.24, 2.45) is 5.84 Å². The van der Waals surface area contributed by atoms with Gasteiger partial charge < -0.3 is 4.98 Å². The number of hydrogen-bond acceptors (Lipinski definition) is 2. The minimum atomic E-state index is -0.340. The van der Waals surface area contributed by atoms with E-state index < -0.39 is 0 Å². The maximum absolute atomic E-state index is 11.7. The lowest BCUT2D eigenvalue weighted by Crippen LogP contribution is -2.41. The number of likely N-dealkylation sites (N-methyl/N-ethyl adjacent to an activating group) is 1. The molecule has 1 aromatic rings. The van der Waals surface area contributed by atoms with Gasteiger partial charge in [0.2, 0.25) is 5.91 Å². The van der Waals surface area contributed by atoms with Gasteiger partial charge in [-0.3, -0.25) is 9.80 Å². The van der Waals surface area contributed by atoms with E-state index in [1.54, 1.807) is 7.05 Å². The van der Waals surface area contributed by atoms with Crippen molar-refractivity contribution in [3.05, 3.63) is 24.0 Å². The molecule has 1 amide bonds. The van der Waals surface area contributed by atoms with Gasteiger partial charge in [-0.05, 0) is 25.0 Å². The number of carbonyl (C=O) groups is 1. The molecule has 1 aliphatic carbocycles. The highest BCUT2D eigenvalue weighted by Crippen LogP contribution is 2.48. The van der Waals surface area contributed by atoms with Crippen LogP contribution in [0.25, 0.3) is 0 Å². The van der Waals surface area contributed by atoms with Crippen molar-refractivity contribution in [2.75, 3.05) is 7.05 Å². The predicted octanol–water partition coefficient (Wildman–Crippen LogP) is 0.378. The summed E-state index contributed by atoms with van der Waals surface area (Å²) in [6.07, 6.45) is 3.63. The van der Waals surface area contributed by atoms with E-state index in [9.17, 15) is 4.79 Å². The molecule has 4 heteroatoms. The maximum atomic E-state index is 11.7. The molecule has 0 spiro atoms. The van der Waals surface area contributed by atoms with Crippen LogP contribution in [-0.4, -0.2) is 22.9 Å². The van der Waals surface area contributed by atoms with Crippen LogP contribution < -0.4 is 5.84 Å². The maximum Gasteiger partial charge on any atom is 0.248 e. The van der Waals surface area contributed by atoms with Crippen molar-refractivity contribution in [3.8, 4) is 0 Å². The second-order valence-corrected chi connectivity index (χ2v) is 3.58. The minimum Gasteiger partial charge on any atom is -0.364 e. The summed E-state index contributed by atoms with van der Waals surface area (Å²) in [5.41, 5.74) is 0.641. The van der Waals surface area contributed by atoms with Gasteiger partial charge in [-0.2, -0.15) is 0 Å². The Bertz CT molecular complexity index is 312. The molecule has 0 unspecified atom stereocenters. The summed E-state index contributed by atoms with van der Waals surface area (Å²) >= 11 is 0. The number of aromatic amines is 1. The van der Waals surface area contributed by atoms with E-state index in [0.29, 0.717) is 0 Å². The number of hydrazine groups is 1. The molecule has 1 aromatic heterocycles. The lowest BCUT2D eigenvalue weighted by Gasteiger charge is -2.17. The van der Waals surface area contributed by atoms with E-state index in [0.717, 1.165) is 18.5 Å². The van der Waals surface area contributed by atoms with Crippen molar-refractivity contribution in [3.63, 3.8) is 0 Å². The van der Waals surface area contributed by atoms with Gasteiger partial charge in [-0.25, -0.2) is 5.84 Å². The van der Waals surface area contributed by atoms with Crippen molar-refractivity contribution < 1.29 is 4.79 Å². The van der Waals surface area contributed by atoms with Gasteiger partial charge in [0.1, 0.15) is 0 Å². The predicted molar refractivity (Wildman–Crippen MR) is 48.7 cm³/mol. The Kier molecular flexibility index (Phi) is 1.66. The number of amides is 1. The number of rotatable bonds is 2. The van der Waals surface area contributed by atoms with Crippen LogP contribution >= 0.6 is 0 Å². The van der Waals surface area contributed by atoms with Crippen LogP contribution in [0.1, 0.15) is 18.5 Å². The molecule has 3 N–H and O–H groups in total. The number of nitrogens with one attached hydrogen (secondary N) is 1. The van der Waals surface area contributed by atoms with Crippen LogP contribution in [0.3, 0.4) is 0 Å². The molecule has 0 radical (unpaired) electrons. The number of aromatic nitrogens is 1. The number of carbonyl (C=O) groups excluding carboxylic acids is 1. The van der Waals surface area contributed by atoms with E-state index in [1.165, 1.54) is 5.01 Å². The second-order valence-electron chi connectivity index (χ2n) is 3.58. The Morgan fingerprint density at radius 3 is 2.77 bits per heavy atom. The molecule has 1 aliphatic rings. The Hall–Kier alpha value is -1.29. The average molecular weight is 179 g/mol. The molecule has 0 bridgehead atoms. The molecular weight excluding hydrogens is 166 g/mol. The lowest BCUT2D eigenvalue weighted by atomic mass is 10.0. The number of hydrogen-bond donors (Lipinski definition) is 2. The highest BCUT2D eigenvalue weighted by Gasteiger charge is 2.53. The highest BCUT2D eigenvalue weighted by atomic mass is 16.2. The van der Waals surface area contributed by atoms with Crippen LogP contribution in [0.5, 0.6) is 0 Å². The summed E-state index contributed by atoms with van der Waals surface area (Å²) in [5, 5.41) is 1.17. The fourth-order valence-corrected chi connectivity index (χ4v) is 1.69. The SMILES string of the molecule is CN(N)C(=O)C1(c2ccc[nH]2)CC1. The van der Waals surface area contributed by atoms with Crippen LogP contribution in [0.2, 0.25) is 0 Å². The highest BCUT2D eigenvalue weighted by molar-refractivity contribution is 5.90. The van der Waals surface area contributed by atoms with E-state index in [4.69, 9.17) is 5.84 Å². The van der Waals surface area contributed by atoms with Crippen molar-refractivity contribution >= 4 is 5.91 Å². The van der Waals surface area contributed by atoms with Crippen molar-refractivity contribution in [2.45, 2.75) is 18.3 Å². The number of nitrogens with two attached hydrogens (primary N) is 1. The standard InChI is InChI=1S/C9H13N3O/c1-12(10)8(13)9(4-5-9)7-3-2-6-11-7/h2-3,6,11H,4-5,10H2,1H3. The van der Waals surface area contributed by atoms with Crippen LogP contribution in [0, 0.1) is 0 Å². The van der Waals surface area contributed by atoms with E-state index in [2.05, 4.69) is 4.98 Å². The third-order valence-corrected chi connectivity index (χ3v) is 2.59. The monoisotopic (exact) mass is 179 g/mol. The summed E-state index contributed by atoms with van der Waals surface area (Å²) in [5.74, 6) is 5.43. The molecule has 4 nitrogen and oxygen atoms in total. The Labute approximate surface area is 76.7 Å². The van der Waals surface area contributed by atoms with Gasteiger partial charge >= 0.3 is 0 Å². The molecule has 13 heavy (non-hydrogen) atoms. The zero-order valence-electron chi connectivity index (χ0n) is 7.58. The Morgan fingerprint density at radius 2 is 2.38 bits per heavy atom. The smallest absolute Gasteiger partial charge is 0.248 e. The third kappa shape index (κ3) is 1.14. The van der Waals surface area contributed by atoms with E-state index in [1.807, 2.05) is 18.3 Å². The Morgan fingerprint density at radius 1 is 1.69 bits per heavy atom. The Balaban J connectivity index is 2.27. The quantitative estimate of drug-likeness (QED) is 0.391. The number of nitrogens with zero attached hydrogens (tertiary/aromatic N) is 1. The first-order chi connectivity index (χ1) is 6.17. The van der Waals surface area contributed by atoms with Gasteiger partial charge in [0.15, 0.2) is 0 Å². The largest absolute Gasteiger partial charge is 0.364 e. The fraction of sp³-hybridized carbons (Fsp3) is 0.444. The average Bonchev–Trinajstić information content (AvgIpc) is 2.72. The summed E-state index contributed by atoms with van der Waals surface area (Å²) in [6.45, 7) is 0. The van der Waals surface area contributed by atoms with Gasteiger partial charge in [0.25, 0.3) is 0 Å². The van der Waals surface area contributed by atoms with Crippen molar-refractivity contribution in [1.82, 2.24) is 9.99 Å². The molecule has 0 aliphatic heterocycles. The molecule has 0 atom stereocenters. The number of H-pyrrole nitrogens is 1. The van der Waals surface area contributed by atoms with Gasteiger partial charge in [0.05, 0.1) is 5.41 Å². The first-order valence-electron chi connectivity index (χ1n) is 4.33. The fourth-order valence-electron chi connectivity index (χ4n) is 1.69. The normalized spacial score (nSPS) is 18.3. The van der Waals surface area contributed by atoms with Gasteiger partial charge in [-0.15, -0.1) is 0 Å². The molecule has 70 valence electrons. The van der Waals surface area contributed by atoms with Gasteiger partial charge in [0, 0.05) is 18.9 Å². The van der Waals surface area contributed by atoms with Gasteiger partial charge in [-0.1, -0.05) is 0 Å². The summed E-state index contributed by atoms with van der Waals surface area (Å²) in [4.78, 5) is 14.8. The summed E-state index contributed by atoms with van der Waals surface area (Å²) in [7, 11) is 1.59. The molecule has 2 rings (SSSR count). The summed E-state index contributed by atoms with van der Waals surface area (Å²) < 4.78 is 0. The molecule has 1 heterocycles.